The Morgan fingerprint density at radius 2 is 1.83 bits per heavy atom. The van der Waals surface area contributed by atoms with E-state index >= 15 is 0 Å². The van der Waals surface area contributed by atoms with Gasteiger partial charge in [-0.05, 0) is 52.9 Å². The second-order valence-corrected chi connectivity index (χ2v) is 6.48. The SMILES string of the molecule is C[C@@H]1CCC[C@H](C)N1CCC(C)(C#N)NC1CC1. The molecular formula is C15H27N3. The Kier molecular flexibility index (Phi) is 4.29. The van der Waals surface area contributed by atoms with Crippen LogP contribution >= 0.6 is 0 Å². The highest BCUT2D eigenvalue weighted by molar-refractivity contribution is 5.07. The van der Waals surface area contributed by atoms with Crippen LogP contribution in [0.15, 0.2) is 0 Å². The molecule has 1 aliphatic heterocycles. The minimum atomic E-state index is -0.335. The molecule has 0 amide bonds. The van der Waals surface area contributed by atoms with Crippen molar-refractivity contribution in [3.63, 3.8) is 0 Å². The third-order valence-corrected chi connectivity index (χ3v) is 4.59. The lowest BCUT2D eigenvalue weighted by Gasteiger charge is -2.40. The van der Waals surface area contributed by atoms with E-state index in [4.69, 9.17) is 0 Å². The van der Waals surface area contributed by atoms with Crippen molar-refractivity contribution >= 4 is 0 Å². The predicted molar refractivity (Wildman–Crippen MR) is 74.3 cm³/mol. The smallest absolute Gasteiger partial charge is 0.105 e. The maximum Gasteiger partial charge on any atom is 0.105 e. The van der Waals surface area contributed by atoms with Crippen LogP contribution in [0.5, 0.6) is 0 Å². The van der Waals surface area contributed by atoms with Crippen LogP contribution in [-0.4, -0.2) is 35.1 Å². The largest absolute Gasteiger partial charge is 0.298 e. The Bertz CT molecular complexity index is 308. The molecule has 3 atom stereocenters. The molecule has 1 saturated carbocycles. The predicted octanol–water partition coefficient (Wildman–Crippen LogP) is 2.67. The van der Waals surface area contributed by atoms with Gasteiger partial charge in [-0.1, -0.05) is 6.42 Å². The van der Waals surface area contributed by atoms with Crippen LogP contribution in [-0.2, 0) is 0 Å². The fourth-order valence-corrected chi connectivity index (χ4v) is 3.11. The first-order chi connectivity index (χ1) is 8.54. The summed E-state index contributed by atoms with van der Waals surface area (Å²) in [6, 6.07) is 4.44. The van der Waals surface area contributed by atoms with Crippen LogP contribution in [0.3, 0.4) is 0 Å². The van der Waals surface area contributed by atoms with E-state index in [1.807, 2.05) is 0 Å². The van der Waals surface area contributed by atoms with Gasteiger partial charge in [0.05, 0.1) is 6.07 Å². The lowest BCUT2D eigenvalue weighted by atomic mass is 9.94. The quantitative estimate of drug-likeness (QED) is 0.814. The first-order valence-electron chi connectivity index (χ1n) is 7.49. The molecule has 1 aliphatic carbocycles. The summed E-state index contributed by atoms with van der Waals surface area (Å²) < 4.78 is 0. The molecule has 1 saturated heterocycles. The van der Waals surface area contributed by atoms with Gasteiger partial charge in [-0.3, -0.25) is 10.2 Å². The minimum Gasteiger partial charge on any atom is -0.298 e. The summed E-state index contributed by atoms with van der Waals surface area (Å²) in [5, 5.41) is 12.9. The lowest BCUT2D eigenvalue weighted by Crippen LogP contribution is -2.49. The number of nitrogens with one attached hydrogen (secondary N) is 1. The van der Waals surface area contributed by atoms with Gasteiger partial charge >= 0.3 is 0 Å². The summed E-state index contributed by atoms with van der Waals surface area (Å²) in [4.78, 5) is 2.59. The van der Waals surface area contributed by atoms with Gasteiger partial charge in [0.1, 0.15) is 5.54 Å². The van der Waals surface area contributed by atoms with E-state index in [1.165, 1.54) is 32.1 Å². The summed E-state index contributed by atoms with van der Waals surface area (Å²) in [6.45, 7) is 7.76. The molecule has 1 N–H and O–H groups in total. The number of nitrogens with zero attached hydrogens (tertiary/aromatic N) is 2. The molecule has 3 heteroatoms. The third kappa shape index (κ3) is 3.46. The van der Waals surface area contributed by atoms with E-state index in [9.17, 15) is 5.26 Å². The zero-order chi connectivity index (χ0) is 13.2. The van der Waals surface area contributed by atoms with Crippen molar-refractivity contribution in [2.75, 3.05) is 6.54 Å². The van der Waals surface area contributed by atoms with E-state index in [0.717, 1.165) is 13.0 Å². The molecular weight excluding hydrogens is 222 g/mol. The van der Waals surface area contributed by atoms with Crippen LogP contribution < -0.4 is 5.32 Å². The molecule has 0 spiro atoms. The fraction of sp³-hybridized carbons (Fsp3) is 0.933. The van der Waals surface area contributed by atoms with Crippen molar-refractivity contribution in [2.24, 2.45) is 0 Å². The summed E-state index contributed by atoms with van der Waals surface area (Å²) >= 11 is 0. The average molecular weight is 249 g/mol. The highest BCUT2D eigenvalue weighted by Gasteiger charge is 2.34. The van der Waals surface area contributed by atoms with Crippen molar-refractivity contribution in [1.29, 1.82) is 5.26 Å². The van der Waals surface area contributed by atoms with E-state index < -0.39 is 0 Å². The molecule has 0 bridgehead atoms. The Balaban J connectivity index is 1.86. The number of hydrogen-bond acceptors (Lipinski definition) is 3. The van der Waals surface area contributed by atoms with E-state index in [0.29, 0.717) is 18.1 Å². The minimum absolute atomic E-state index is 0.335. The molecule has 102 valence electrons. The van der Waals surface area contributed by atoms with Crippen molar-refractivity contribution < 1.29 is 0 Å². The van der Waals surface area contributed by atoms with Gasteiger partial charge in [0.15, 0.2) is 0 Å². The van der Waals surface area contributed by atoms with E-state index in [-0.39, 0.29) is 5.54 Å². The van der Waals surface area contributed by atoms with Crippen LogP contribution in [0, 0.1) is 11.3 Å². The van der Waals surface area contributed by atoms with Gasteiger partial charge in [0.2, 0.25) is 0 Å². The topological polar surface area (TPSA) is 39.1 Å². The first-order valence-corrected chi connectivity index (χ1v) is 7.49. The molecule has 1 heterocycles. The third-order valence-electron chi connectivity index (χ3n) is 4.59. The maximum absolute atomic E-state index is 9.39. The van der Waals surface area contributed by atoms with Crippen molar-refractivity contribution in [1.82, 2.24) is 10.2 Å². The second-order valence-electron chi connectivity index (χ2n) is 6.48. The van der Waals surface area contributed by atoms with Crippen molar-refractivity contribution in [3.8, 4) is 6.07 Å². The Hall–Kier alpha value is -0.590. The zero-order valence-electron chi connectivity index (χ0n) is 12.1. The summed E-state index contributed by atoms with van der Waals surface area (Å²) in [5.74, 6) is 0. The fourth-order valence-electron chi connectivity index (χ4n) is 3.11. The summed E-state index contributed by atoms with van der Waals surface area (Å²) in [6.07, 6.45) is 7.40. The van der Waals surface area contributed by atoms with E-state index in [2.05, 4.69) is 37.1 Å². The summed E-state index contributed by atoms with van der Waals surface area (Å²) in [5.41, 5.74) is -0.335. The second kappa shape index (κ2) is 5.59. The Morgan fingerprint density at radius 1 is 1.22 bits per heavy atom. The van der Waals surface area contributed by atoms with E-state index in [1.54, 1.807) is 0 Å². The molecule has 2 fully saturated rings. The molecule has 0 radical (unpaired) electrons. The number of likely N-dealkylation sites (tertiary alicyclic amines) is 1. The molecule has 0 aromatic carbocycles. The molecule has 0 aromatic heterocycles. The first kappa shape index (κ1) is 13.8. The number of piperidine rings is 1. The summed E-state index contributed by atoms with van der Waals surface area (Å²) in [7, 11) is 0. The van der Waals surface area contributed by atoms with Crippen molar-refractivity contribution in [3.05, 3.63) is 0 Å². The van der Waals surface area contributed by atoms with Crippen LogP contribution in [0.4, 0.5) is 0 Å². The van der Waals surface area contributed by atoms with Crippen LogP contribution in [0.2, 0.25) is 0 Å². The normalized spacial score (nSPS) is 32.8. The highest BCUT2D eigenvalue weighted by atomic mass is 15.2. The molecule has 3 nitrogen and oxygen atoms in total. The van der Waals surface area contributed by atoms with Gasteiger partial charge in [-0.15, -0.1) is 0 Å². The van der Waals surface area contributed by atoms with Gasteiger partial charge in [-0.2, -0.15) is 5.26 Å². The van der Waals surface area contributed by atoms with Gasteiger partial charge < -0.3 is 0 Å². The Labute approximate surface area is 112 Å². The standard InChI is InChI=1S/C15H27N3/c1-12-5-4-6-13(2)18(12)10-9-15(3,11-16)17-14-7-8-14/h12-14,17H,4-10H2,1-3H3/t12-,13+,15?. The molecule has 2 aliphatic rings. The molecule has 2 rings (SSSR count). The zero-order valence-corrected chi connectivity index (χ0v) is 12.1. The molecule has 0 aromatic rings. The maximum atomic E-state index is 9.39. The van der Waals surface area contributed by atoms with Gasteiger partial charge in [0.25, 0.3) is 0 Å². The number of rotatable bonds is 5. The van der Waals surface area contributed by atoms with Crippen molar-refractivity contribution in [2.45, 2.75) is 83.0 Å². The lowest BCUT2D eigenvalue weighted by molar-refractivity contribution is 0.0949. The average Bonchev–Trinajstić information content (AvgIpc) is 3.12. The monoisotopic (exact) mass is 249 g/mol. The highest BCUT2D eigenvalue weighted by Crippen LogP contribution is 2.26. The van der Waals surface area contributed by atoms with Gasteiger partial charge in [-0.25, -0.2) is 0 Å². The number of hydrogen-bond donors (Lipinski definition) is 1. The Morgan fingerprint density at radius 3 is 2.33 bits per heavy atom. The number of nitriles is 1. The van der Waals surface area contributed by atoms with Crippen LogP contribution in [0.25, 0.3) is 0 Å². The molecule has 1 unspecified atom stereocenters. The van der Waals surface area contributed by atoms with Gasteiger partial charge in [0, 0.05) is 24.7 Å². The molecule has 18 heavy (non-hydrogen) atoms. The van der Waals surface area contributed by atoms with Crippen LogP contribution in [0.1, 0.15) is 59.3 Å².